The lowest BCUT2D eigenvalue weighted by Crippen LogP contribution is -2.41. The van der Waals surface area contributed by atoms with E-state index in [1.807, 2.05) is 4.90 Å². The molecule has 1 aliphatic rings. The quantitative estimate of drug-likeness (QED) is 0.785. The molecule has 0 bridgehead atoms. The monoisotopic (exact) mass is 353 g/mol. The fourth-order valence-electron chi connectivity index (χ4n) is 2.86. The first-order chi connectivity index (χ1) is 11.5. The number of anilines is 1. The highest BCUT2D eigenvalue weighted by Crippen LogP contribution is 2.23. The highest BCUT2D eigenvalue weighted by atomic mass is 32.2. The Morgan fingerprint density at radius 1 is 1.21 bits per heavy atom. The number of nitrogens with one attached hydrogen (secondary N) is 2. The minimum Gasteiger partial charge on any atom is -0.339 e. The van der Waals surface area contributed by atoms with E-state index in [1.165, 1.54) is 0 Å². The molecule has 24 heavy (non-hydrogen) atoms. The molecular formula is C17H27N3O3S. The lowest BCUT2D eigenvalue weighted by Gasteiger charge is -2.32. The Bertz CT molecular complexity index is 653. The maximum Gasteiger partial charge on any atom is 0.255 e. The first kappa shape index (κ1) is 18.7. The molecular weight excluding hydrogens is 326 g/mol. The zero-order valence-electron chi connectivity index (χ0n) is 14.4. The molecule has 2 rings (SSSR count). The highest BCUT2D eigenvalue weighted by Gasteiger charge is 2.25. The predicted octanol–water partition coefficient (Wildman–Crippen LogP) is 1.91. The Morgan fingerprint density at radius 3 is 2.50 bits per heavy atom. The van der Waals surface area contributed by atoms with E-state index in [1.54, 1.807) is 31.2 Å². The number of amides is 1. The number of sulfonamides is 1. The summed E-state index contributed by atoms with van der Waals surface area (Å²) >= 11 is 0. The summed E-state index contributed by atoms with van der Waals surface area (Å²) in [6.07, 6.45) is 1.95. The number of para-hydroxylation sites is 1. The summed E-state index contributed by atoms with van der Waals surface area (Å²) in [4.78, 5) is 14.6. The molecule has 0 spiro atoms. The summed E-state index contributed by atoms with van der Waals surface area (Å²) < 4.78 is 26.1. The number of hydrogen-bond donors (Lipinski definition) is 2. The molecule has 1 aromatic rings. The smallest absolute Gasteiger partial charge is 0.255 e. The van der Waals surface area contributed by atoms with Crippen molar-refractivity contribution in [1.29, 1.82) is 0 Å². The third-order valence-electron chi connectivity index (χ3n) is 4.39. The van der Waals surface area contributed by atoms with Crippen molar-refractivity contribution in [3.8, 4) is 0 Å². The van der Waals surface area contributed by atoms with E-state index in [0.717, 1.165) is 25.9 Å². The average Bonchev–Trinajstić information content (AvgIpc) is 2.60. The zero-order chi connectivity index (χ0) is 17.6. The van der Waals surface area contributed by atoms with Crippen LogP contribution in [0.25, 0.3) is 0 Å². The number of piperidine rings is 1. The molecule has 1 fully saturated rings. The molecule has 0 saturated carbocycles. The third-order valence-corrected chi connectivity index (χ3v) is 5.68. The number of nitrogens with zero attached hydrogens (tertiary/aromatic N) is 1. The second-order valence-corrected chi connectivity index (χ2v) is 8.11. The van der Waals surface area contributed by atoms with Crippen molar-refractivity contribution in [2.24, 2.45) is 5.92 Å². The van der Waals surface area contributed by atoms with E-state index >= 15 is 0 Å². The van der Waals surface area contributed by atoms with Crippen LogP contribution in [0.15, 0.2) is 24.3 Å². The number of rotatable bonds is 7. The summed E-state index contributed by atoms with van der Waals surface area (Å²) in [7, 11) is -3.41. The number of carbonyl (C=O) groups is 1. The number of carbonyl (C=O) groups excluding carboxylic acids is 1. The second kappa shape index (κ2) is 8.48. The second-order valence-electron chi connectivity index (χ2n) is 6.09. The van der Waals surface area contributed by atoms with Gasteiger partial charge in [0.25, 0.3) is 5.91 Å². The first-order valence-corrected chi connectivity index (χ1v) is 10.2. The minimum absolute atomic E-state index is 0.0225. The van der Waals surface area contributed by atoms with E-state index in [0.29, 0.717) is 30.3 Å². The normalized spacial score (nSPS) is 16.2. The van der Waals surface area contributed by atoms with Crippen LogP contribution in [0, 0.1) is 5.92 Å². The van der Waals surface area contributed by atoms with Crippen LogP contribution in [0.1, 0.15) is 37.0 Å². The molecule has 1 aliphatic heterocycles. The van der Waals surface area contributed by atoms with Gasteiger partial charge in [0, 0.05) is 13.1 Å². The molecule has 0 atom stereocenters. The molecule has 0 aromatic heterocycles. The summed E-state index contributed by atoms with van der Waals surface area (Å²) in [5, 5.41) is 3.35. The Morgan fingerprint density at radius 2 is 1.88 bits per heavy atom. The van der Waals surface area contributed by atoms with E-state index in [9.17, 15) is 13.2 Å². The van der Waals surface area contributed by atoms with Gasteiger partial charge in [-0.05, 0) is 50.9 Å². The summed E-state index contributed by atoms with van der Waals surface area (Å²) in [5.74, 6) is 0.472. The molecule has 1 saturated heterocycles. The van der Waals surface area contributed by atoms with Gasteiger partial charge in [-0.2, -0.15) is 0 Å². The molecule has 7 heteroatoms. The lowest BCUT2D eigenvalue weighted by atomic mass is 9.96. The standard InChI is InChI=1S/C17H27N3O3S/c1-3-18-13-14-9-11-20(12-10-14)17(21)15-7-5-6-8-16(15)19-24(22,23)4-2/h5-8,14,18-19H,3-4,9-13H2,1-2H3. The van der Waals surface area contributed by atoms with Gasteiger partial charge in [0.2, 0.25) is 10.0 Å². The molecule has 1 heterocycles. The van der Waals surface area contributed by atoms with Crippen molar-refractivity contribution in [2.45, 2.75) is 26.7 Å². The van der Waals surface area contributed by atoms with E-state index in [-0.39, 0.29) is 11.7 Å². The van der Waals surface area contributed by atoms with Gasteiger partial charge in [0.05, 0.1) is 17.0 Å². The largest absolute Gasteiger partial charge is 0.339 e. The van der Waals surface area contributed by atoms with Crippen LogP contribution in [0.5, 0.6) is 0 Å². The van der Waals surface area contributed by atoms with Gasteiger partial charge in [-0.15, -0.1) is 0 Å². The highest BCUT2D eigenvalue weighted by molar-refractivity contribution is 7.92. The Hall–Kier alpha value is -1.60. The van der Waals surface area contributed by atoms with E-state index in [2.05, 4.69) is 17.0 Å². The molecule has 134 valence electrons. The SMILES string of the molecule is CCNCC1CCN(C(=O)c2ccccc2NS(=O)(=O)CC)CC1. The lowest BCUT2D eigenvalue weighted by molar-refractivity contribution is 0.0691. The molecule has 1 aromatic carbocycles. The molecule has 6 nitrogen and oxygen atoms in total. The minimum atomic E-state index is -3.41. The first-order valence-electron chi connectivity index (χ1n) is 8.56. The zero-order valence-corrected chi connectivity index (χ0v) is 15.2. The van der Waals surface area contributed by atoms with Gasteiger partial charge >= 0.3 is 0 Å². The Labute approximate surface area is 144 Å². The molecule has 0 unspecified atom stereocenters. The fourth-order valence-corrected chi connectivity index (χ4v) is 3.51. The van der Waals surface area contributed by atoms with Crippen LogP contribution in [0.4, 0.5) is 5.69 Å². The van der Waals surface area contributed by atoms with Crippen molar-refractivity contribution in [1.82, 2.24) is 10.2 Å². The molecule has 2 N–H and O–H groups in total. The maximum atomic E-state index is 12.8. The van der Waals surface area contributed by atoms with E-state index in [4.69, 9.17) is 0 Å². The topological polar surface area (TPSA) is 78.5 Å². The van der Waals surface area contributed by atoms with Crippen LogP contribution in [0.3, 0.4) is 0 Å². The van der Waals surface area contributed by atoms with Gasteiger partial charge in [-0.25, -0.2) is 8.42 Å². The van der Waals surface area contributed by atoms with Crippen LogP contribution < -0.4 is 10.0 Å². The third kappa shape index (κ3) is 4.95. The summed E-state index contributed by atoms with van der Waals surface area (Å²) in [6.45, 7) is 7.04. The number of benzene rings is 1. The fraction of sp³-hybridized carbons (Fsp3) is 0.588. The average molecular weight is 353 g/mol. The van der Waals surface area contributed by atoms with E-state index < -0.39 is 10.0 Å². The molecule has 0 radical (unpaired) electrons. The van der Waals surface area contributed by atoms with Crippen molar-refractivity contribution in [3.63, 3.8) is 0 Å². The van der Waals surface area contributed by atoms with Gasteiger partial charge in [0.1, 0.15) is 0 Å². The van der Waals surface area contributed by atoms with Crippen LogP contribution in [-0.4, -0.2) is 51.2 Å². The van der Waals surface area contributed by atoms with Crippen molar-refractivity contribution >= 4 is 21.6 Å². The Kier molecular flexibility index (Phi) is 6.62. The van der Waals surface area contributed by atoms with Crippen LogP contribution in [-0.2, 0) is 10.0 Å². The number of likely N-dealkylation sites (tertiary alicyclic amines) is 1. The van der Waals surface area contributed by atoms with Crippen LogP contribution >= 0.6 is 0 Å². The van der Waals surface area contributed by atoms with Crippen molar-refractivity contribution < 1.29 is 13.2 Å². The van der Waals surface area contributed by atoms with Crippen LogP contribution in [0.2, 0.25) is 0 Å². The van der Waals surface area contributed by atoms with Gasteiger partial charge in [0.15, 0.2) is 0 Å². The molecule has 0 aliphatic carbocycles. The Balaban J connectivity index is 2.06. The molecule has 1 amide bonds. The van der Waals surface area contributed by atoms with Gasteiger partial charge in [-0.3, -0.25) is 9.52 Å². The van der Waals surface area contributed by atoms with Crippen molar-refractivity contribution in [2.75, 3.05) is 36.7 Å². The summed E-state index contributed by atoms with van der Waals surface area (Å²) in [6, 6.07) is 6.81. The number of hydrogen-bond acceptors (Lipinski definition) is 4. The van der Waals surface area contributed by atoms with Crippen molar-refractivity contribution in [3.05, 3.63) is 29.8 Å². The summed E-state index contributed by atoms with van der Waals surface area (Å²) in [5.41, 5.74) is 0.777. The van der Waals surface area contributed by atoms with Gasteiger partial charge < -0.3 is 10.2 Å². The van der Waals surface area contributed by atoms with Gasteiger partial charge in [-0.1, -0.05) is 19.1 Å². The maximum absolute atomic E-state index is 12.8. The predicted molar refractivity (Wildman–Crippen MR) is 96.7 cm³/mol.